The van der Waals surface area contributed by atoms with E-state index in [1.54, 1.807) is 0 Å². The Balaban J connectivity index is 1.52. The number of rotatable bonds is 10. The van der Waals surface area contributed by atoms with Crippen molar-refractivity contribution in [3.8, 4) is 0 Å². The van der Waals surface area contributed by atoms with Crippen LogP contribution in [0.4, 0.5) is 0 Å². The molecule has 0 radical (unpaired) electrons. The minimum atomic E-state index is -0.921. The maximum absolute atomic E-state index is 7.40. The van der Waals surface area contributed by atoms with Crippen LogP contribution in [0, 0.1) is 0 Å². The first-order chi connectivity index (χ1) is 17.8. The van der Waals surface area contributed by atoms with Gasteiger partial charge in [0.1, 0.15) is 0 Å². The summed E-state index contributed by atoms with van der Waals surface area (Å²) in [6.45, 7) is 5.74. The van der Waals surface area contributed by atoms with E-state index in [-0.39, 0.29) is 5.60 Å². The molecule has 0 amide bonds. The SMILES string of the molecule is CCC(CC)(OP(c1ccccc1)c1ccccc1)C1CCN1P(c1ccccc1)c1ccccc1. The summed E-state index contributed by atoms with van der Waals surface area (Å²) in [5.41, 5.74) is -0.209. The fourth-order valence-electron chi connectivity index (χ4n) is 5.21. The van der Waals surface area contributed by atoms with Crippen LogP contribution in [-0.2, 0) is 4.52 Å². The lowest BCUT2D eigenvalue weighted by molar-refractivity contribution is -0.0326. The maximum atomic E-state index is 7.40. The topological polar surface area (TPSA) is 12.5 Å². The van der Waals surface area contributed by atoms with Crippen LogP contribution in [0.25, 0.3) is 0 Å². The Morgan fingerprint density at radius 3 is 1.36 bits per heavy atom. The number of nitrogens with zero attached hydrogens (tertiary/aromatic N) is 1. The lowest BCUT2D eigenvalue weighted by Gasteiger charge is -2.55. The number of hydrogen-bond acceptors (Lipinski definition) is 2. The Morgan fingerprint density at radius 2 is 1.03 bits per heavy atom. The summed E-state index contributed by atoms with van der Waals surface area (Å²) < 4.78 is 10.2. The van der Waals surface area contributed by atoms with Crippen molar-refractivity contribution in [1.29, 1.82) is 0 Å². The standard InChI is InChI=1S/C32H35NOP2/c1-3-32(4-2,34-36(29-21-13-7-14-22-29)30-23-15-8-16-24-30)31-25-26-33(31)35(27-17-9-5-10-18-27)28-19-11-6-12-20-28/h5-24,31H,3-4,25-26H2,1-2H3. The molecule has 0 spiro atoms. The van der Waals surface area contributed by atoms with E-state index in [0.717, 1.165) is 19.4 Å². The zero-order valence-electron chi connectivity index (χ0n) is 21.2. The van der Waals surface area contributed by atoms with E-state index >= 15 is 0 Å². The molecule has 5 rings (SSSR count). The lowest BCUT2D eigenvalue weighted by Crippen LogP contribution is -2.60. The summed E-state index contributed by atoms with van der Waals surface area (Å²) in [5.74, 6) is 0. The molecule has 2 nitrogen and oxygen atoms in total. The number of benzene rings is 4. The van der Waals surface area contributed by atoms with Gasteiger partial charge in [0, 0.05) is 31.3 Å². The molecule has 1 unspecified atom stereocenters. The summed E-state index contributed by atoms with van der Waals surface area (Å²) in [5, 5.41) is 5.39. The molecule has 1 heterocycles. The Bertz CT molecular complexity index is 1120. The van der Waals surface area contributed by atoms with E-state index in [2.05, 4.69) is 140 Å². The van der Waals surface area contributed by atoms with E-state index in [9.17, 15) is 0 Å². The molecule has 36 heavy (non-hydrogen) atoms. The van der Waals surface area contributed by atoms with Gasteiger partial charge in [0.25, 0.3) is 0 Å². The summed E-state index contributed by atoms with van der Waals surface area (Å²) in [7, 11) is -1.53. The van der Waals surface area contributed by atoms with Crippen LogP contribution in [0.1, 0.15) is 33.1 Å². The van der Waals surface area contributed by atoms with Gasteiger partial charge in [-0.05, 0) is 29.9 Å². The van der Waals surface area contributed by atoms with Gasteiger partial charge >= 0.3 is 0 Å². The van der Waals surface area contributed by atoms with Crippen LogP contribution in [0.5, 0.6) is 0 Å². The Labute approximate surface area is 219 Å². The highest BCUT2D eigenvalue weighted by Crippen LogP contribution is 2.53. The van der Waals surface area contributed by atoms with Gasteiger partial charge in [-0.3, -0.25) is 4.67 Å². The van der Waals surface area contributed by atoms with E-state index in [1.807, 2.05) is 0 Å². The van der Waals surface area contributed by atoms with Gasteiger partial charge in [0.05, 0.1) is 13.7 Å². The average Bonchev–Trinajstić information content (AvgIpc) is 2.95. The molecule has 4 heteroatoms. The second-order valence-electron chi connectivity index (χ2n) is 9.28. The van der Waals surface area contributed by atoms with E-state index in [1.165, 1.54) is 27.6 Å². The van der Waals surface area contributed by atoms with Crippen LogP contribution in [0.15, 0.2) is 121 Å². The summed E-state index contributed by atoms with van der Waals surface area (Å²) in [6.07, 6.45) is 3.17. The third-order valence-corrected chi connectivity index (χ3v) is 12.0. The Morgan fingerprint density at radius 1 is 0.639 bits per heavy atom. The molecule has 4 aromatic rings. The predicted molar refractivity (Wildman–Crippen MR) is 158 cm³/mol. The zero-order chi connectivity index (χ0) is 24.8. The molecule has 1 aliphatic rings. The molecule has 0 aliphatic carbocycles. The van der Waals surface area contributed by atoms with Gasteiger partial charge in [-0.25, -0.2) is 0 Å². The van der Waals surface area contributed by atoms with Crippen molar-refractivity contribution < 1.29 is 4.52 Å². The van der Waals surface area contributed by atoms with Crippen molar-refractivity contribution in [2.45, 2.75) is 44.8 Å². The van der Waals surface area contributed by atoms with Gasteiger partial charge in [-0.2, -0.15) is 0 Å². The first-order valence-electron chi connectivity index (χ1n) is 13.0. The van der Waals surface area contributed by atoms with Gasteiger partial charge in [-0.15, -0.1) is 0 Å². The van der Waals surface area contributed by atoms with Crippen molar-refractivity contribution in [3.63, 3.8) is 0 Å². The van der Waals surface area contributed by atoms with Crippen LogP contribution in [0.2, 0.25) is 0 Å². The van der Waals surface area contributed by atoms with E-state index in [4.69, 9.17) is 4.52 Å². The highest BCUT2D eigenvalue weighted by atomic mass is 31.1. The predicted octanol–water partition coefficient (Wildman–Crippen LogP) is 6.73. The second kappa shape index (κ2) is 11.8. The molecule has 0 bridgehead atoms. The largest absolute Gasteiger partial charge is 0.342 e. The quantitative estimate of drug-likeness (QED) is 0.219. The van der Waals surface area contributed by atoms with E-state index < -0.39 is 16.2 Å². The molecule has 0 N–H and O–H groups in total. The van der Waals surface area contributed by atoms with Crippen molar-refractivity contribution >= 4 is 37.4 Å². The lowest BCUT2D eigenvalue weighted by atomic mass is 9.83. The molecule has 184 valence electrons. The van der Waals surface area contributed by atoms with Gasteiger partial charge < -0.3 is 4.52 Å². The minimum Gasteiger partial charge on any atom is -0.342 e. The zero-order valence-corrected chi connectivity index (χ0v) is 23.0. The van der Waals surface area contributed by atoms with E-state index in [0.29, 0.717) is 6.04 Å². The van der Waals surface area contributed by atoms with Gasteiger partial charge in [-0.1, -0.05) is 135 Å². The molecule has 4 aromatic carbocycles. The third kappa shape index (κ3) is 5.20. The first kappa shape index (κ1) is 25.3. The second-order valence-corrected chi connectivity index (χ2v) is 13.3. The highest BCUT2D eigenvalue weighted by Gasteiger charge is 2.49. The van der Waals surface area contributed by atoms with Crippen molar-refractivity contribution in [2.75, 3.05) is 6.54 Å². The van der Waals surface area contributed by atoms with Crippen molar-refractivity contribution in [1.82, 2.24) is 4.67 Å². The highest BCUT2D eigenvalue weighted by molar-refractivity contribution is 7.71. The summed E-state index contributed by atoms with van der Waals surface area (Å²) >= 11 is 0. The fourth-order valence-corrected chi connectivity index (χ4v) is 10.1. The molecule has 1 atom stereocenters. The first-order valence-corrected chi connectivity index (χ1v) is 15.6. The summed E-state index contributed by atoms with van der Waals surface area (Å²) in [4.78, 5) is 0. The smallest absolute Gasteiger partial charge is 0.0926 e. The van der Waals surface area contributed by atoms with Crippen molar-refractivity contribution in [2.24, 2.45) is 0 Å². The van der Waals surface area contributed by atoms with Crippen LogP contribution in [0.3, 0.4) is 0 Å². The fraction of sp³-hybridized carbons (Fsp3) is 0.250. The van der Waals surface area contributed by atoms with Crippen molar-refractivity contribution in [3.05, 3.63) is 121 Å². The van der Waals surface area contributed by atoms with Crippen LogP contribution in [-0.4, -0.2) is 22.9 Å². The number of hydrogen-bond donors (Lipinski definition) is 0. The molecule has 1 aliphatic heterocycles. The molecule has 1 saturated heterocycles. The minimum absolute atomic E-state index is 0.209. The molecule has 0 aromatic heterocycles. The molecular weight excluding hydrogens is 476 g/mol. The molecule has 1 fully saturated rings. The monoisotopic (exact) mass is 511 g/mol. The Kier molecular flexibility index (Phi) is 8.30. The average molecular weight is 512 g/mol. The maximum Gasteiger partial charge on any atom is 0.0926 e. The molecule has 0 saturated carbocycles. The van der Waals surface area contributed by atoms with Gasteiger partial charge in [0.15, 0.2) is 0 Å². The molecular formula is C32H35NOP2. The van der Waals surface area contributed by atoms with Crippen LogP contribution >= 0.6 is 16.2 Å². The van der Waals surface area contributed by atoms with Crippen LogP contribution < -0.4 is 21.2 Å². The normalized spacial score (nSPS) is 16.3. The summed E-state index contributed by atoms with van der Waals surface area (Å²) in [6, 6.07) is 44.2. The van der Waals surface area contributed by atoms with Gasteiger partial charge in [0.2, 0.25) is 0 Å². The third-order valence-electron chi connectivity index (χ3n) is 7.31. The Hall–Kier alpha value is -2.34.